The lowest BCUT2D eigenvalue weighted by Gasteiger charge is -2.28. The minimum absolute atomic E-state index is 0.280. The molecule has 0 spiro atoms. The van der Waals surface area contributed by atoms with Gasteiger partial charge in [0.25, 0.3) is 0 Å². The van der Waals surface area contributed by atoms with Gasteiger partial charge in [-0.2, -0.15) is 0 Å². The van der Waals surface area contributed by atoms with E-state index in [0.29, 0.717) is 17.2 Å². The van der Waals surface area contributed by atoms with Crippen molar-refractivity contribution in [1.29, 1.82) is 0 Å². The molecular formula is C15H22FNO2. The van der Waals surface area contributed by atoms with Crippen LogP contribution in [0.4, 0.5) is 10.1 Å². The fourth-order valence-electron chi connectivity index (χ4n) is 2.53. The molecule has 4 heteroatoms. The molecule has 1 aromatic rings. The van der Waals surface area contributed by atoms with Crippen molar-refractivity contribution in [3.05, 3.63) is 29.6 Å². The molecular weight excluding hydrogens is 245 g/mol. The monoisotopic (exact) mass is 267 g/mol. The summed E-state index contributed by atoms with van der Waals surface area (Å²) in [5.74, 6) is 0.187. The predicted octanol–water partition coefficient (Wildman–Crippen LogP) is 2.74. The van der Waals surface area contributed by atoms with Gasteiger partial charge >= 0.3 is 0 Å². The van der Waals surface area contributed by atoms with Crippen LogP contribution in [0, 0.1) is 11.7 Å². The minimum atomic E-state index is -0.638. The first-order chi connectivity index (χ1) is 9.08. The molecule has 1 saturated heterocycles. The van der Waals surface area contributed by atoms with Gasteiger partial charge < -0.3 is 14.7 Å². The van der Waals surface area contributed by atoms with Crippen molar-refractivity contribution in [3.8, 4) is 0 Å². The van der Waals surface area contributed by atoms with Crippen molar-refractivity contribution in [1.82, 2.24) is 0 Å². The molecule has 0 bridgehead atoms. The van der Waals surface area contributed by atoms with E-state index in [1.165, 1.54) is 6.07 Å². The summed E-state index contributed by atoms with van der Waals surface area (Å²) in [6.07, 6.45) is 1.58. The zero-order chi connectivity index (χ0) is 13.8. The summed E-state index contributed by atoms with van der Waals surface area (Å²) < 4.78 is 19.5. The van der Waals surface area contributed by atoms with E-state index in [2.05, 4.69) is 0 Å². The van der Waals surface area contributed by atoms with E-state index in [-0.39, 0.29) is 5.82 Å². The van der Waals surface area contributed by atoms with Crippen molar-refractivity contribution in [2.45, 2.75) is 25.9 Å². The Hall–Kier alpha value is -1.13. The van der Waals surface area contributed by atoms with E-state index < -0.39 is 6.10 Å². The Morgan fingerprint density at radius 1 is 1.53 bits per heavy atom. The summed E-state index contributed by atoms with van der Waals surface area (Å²) in [6.45, 7) is 4.04. The Bertz CT molecular complexity index is 417. The average molecular weight is 267 g/mol. The van der Waals surface area contributed by atoms with E-state index in [1.54, 1.807) is 19.1 Å². The molecule has 1 N–H and O–H groups in total. The number of aliphatic hydroxyl groups excluding tert-OH is 1. The zero-order valence-corrected chi connectivity index (χ0v) is 11.6. The highest BCUT2D eigenvalue weighted by Crippen LogP contribution is 2.24. The van der Waals surface area contributed by atoms with Gasteiger partial charge in [0.2, 0.25) is 0 Å². The number of anilines is 1. The molecule has 0 aromatic heterocycles. The Morgan fingerprint density at radius 3 is 2.89 bits per heavy atom. The van der Waals surface area contributed by atoms with Crippen LogP contribution in [0.3, 0.4) is 0 Å². The van der Waals surface area contributed by atoms with Crippen LogP contribution in [0.1, 0.15) is 31.4 Å². The van der Waals surface area contributed by atoms with E-state index in [0.717, 1.165) is 32.6 Å². The predicted molar refractivity (Wildman–Crippen MR) is 73.8 cm³/mol. The smallest absolute Gasteiger partial charge is 0.146 e. The SMILES string of the molecule is CC(O)c1ccc(N(C)CC2CCCOC2)c(F)c1. The third-order valence-electron chi connectivity index (χ3n) is 3.65. The number of benzene rings is 1. The van der Waals surface area contributed by atoms with Gasteiger partial charge in [0.15, 0.2) is 0 Å². The van der Waals surface area contributed by atoms with E-state index >= 15 is 0 Å². The fourth-order valence-corrected chi connectivity index (χ4v) is 2.53. The summed E-state index contributed by atoms with van der Waals surface area (Å²) in [5.41, 5.74) is 1.19. The third kappa shape index (κ3) is 3.67. The lowest BCUT2D eigenvalue weighted by Crippen LogP contribution is -2.31. The maximum absolute atomic E-state index is 14.0. The van der Waals surface area contributed by atoms with Gasteiger partial charge in [0.1, 0.15) is 5.82 Å². The summed E-state index contributed by atoms with van der Waals surface area (Å²) in [7, 11) is 1.90. The largest absolute Gasteiger partial charge is 0.389 e. The number of rotatable bonds is 4. The van der Waals surface area contributed by atoms with Gasteiger partial charge in [0.05, 0.1) is 18.4 Å². The Balaban J connectivity index is 2.03. The molecule has 0 amide bonds. The second-order valence-electron chi connectivity index (χ2n) is 5.35. The third-order valence-corrected chi connectivity index (χ3v) is 3.65. The first-order valence-electron chi connectivity index (χ1n) is 6.84. The van der Waals surface area contributed by atoms with Gasteiger partial charge in [-0.1, -0.05) is 6.07 Å². The first kappa shape index (κ1) is 14.3. The van der Waals surface area contributed by atoms with Crippen molar-refractivity contribution >= 4 is 5.69 Å². The van der Waals surface area contributed by atoms with Crippen molar-refractivity contribution in [2.24, 2.45) is 5.92 Å². The highest BCUT2D eigenvalue weighted by atomic mass is 19.1. The van der Waals surface area contributed by atoms with Crippen LogP contribution in [0.2, 0.25) is 0 Å². The number of hydrogen-bond donors (Lipinski definition) is 1. The second-order valence-corrected chi connectivity index (χ2v) is 5.35. The molecule has 2 rings (SSSR count). The molecule has 1 aliphatic rings. The normalized spacial score (nSPS) is 21.2. The maximum atomic E-state index is 14.0. The van der Waals surface area contributed by atoms with Crippen LogP contribution >= 0.6 is 0 Å². The van der Waals surface area contributed by atoms with Crippen LogP contribution in [0.25, 0.3) is 0 Å². The van der Waals surface area contributed by atoms with Gasteiger partial charge in [-0.3, -0.25) is 0 Å². The highest BCUT2D eigenvalue weighted by molar-refractivity contribution is 5.48. The Labute approximate surface area is 114 Å². The highest BCUT2D eigenvalue weighted by Gasteiger charge is 2.18. The number of ether oxygens (including phenoxy) is 1. The summed E-state index contributed by atoms with van der Waals surface area (Å²) in [6, 6.07) is 4.92. The van der Waals surface area contributed by atoms with E-state index in [1.807, 2.05) is 11.9 Å². The van der Waals surface area contributed by atoms with E-state index in [4.69, 9.17) is 4.74 Å². The topological polar surface area (TPSA) is 32.7 Å². The molecule has 0 radical (unpaired) electrons. The lowest BCUT2D eigenvalue weighted by atomic mass is 10.0. The summed E-state index contributed by atoms with van der Waals surface area (Å²) >= 11 is 0. The van der Waals surface area contributed by atoms with Gasteiger partial charge in [-0.15, -0.1) is 0 Å². The maximum Gasteiger partial charge on any atom is 0.146 e. The molecule has 2 unspecified atom stereocenters. The minimum Gasteiger partial charge on any atom is -0.389 e. The Morgan fingerprint density at radius 2 is 2.32 bits per heavy atom. The molecule has 1 aromatic carbocycles. The van der Waals surface area contributed by atoms with Crippen molar-refractivity contribution < 1.29 is 14.2 Å². The van der Waals surface area contributed by atoms with Gasteiger partial charge in [0, 0.05) is 20.2 Å². The quantitative estimate of drug-likeness (QED) is 0.910. The van der Waals surface area contributed by atoms with Crippen LogP contribution < -0.4 is 4.90 Å². The summed E-state index contributed by atoms with van der Waals surface area (Å²) in [4.78, 5) is 1.93. The molecule has 19 heavy (non-hydrogen) atoms. The van der Waals surface area contributed by atoms with Crippen LogP contribution in [-0.4, -0.2) is 31.9 Å². The molecule has 106 valence electrons. The van der Waals surface area contributed by atoms with Gasteiger partial charge in [-0.05, 0) is 43.4 Å². The second kappa shape index (κ2) is 6.35. The van der Waals surface area contributed by atoms with Gasteiger partial charge in [-0.25, -0.2) is 4.39 Å². The number of nitrogens with zero attached hydrogens (tertiary/aromatic N) is 1. The van der Waals surface area contributed by atoms with Crippen LogP contribution in [-0.2, 0) is 4.74 Å². The molecule has 1 fully saturated rings. The zero-order valence-electron chi connectivity index (χ0n) is 11.6. The van der Waals surface area contributed by atoms with Crippen LogP contribution in [0.5, 0.6) is 0 Å². The molecule has 2 atom stereocenters. The molecule has 1 heterocycles. The molecule has 1 aliphatic heterocycles. The number of aliphatic hydroxyl groups is 1. The lowest BCUT2D eigenvalue weighted by molar-refractivity contribution is 0.0576. The average Bonchev–Trinajstić information content (AvgIpc) is 2.39. The Kier molecular flexibility index (Phi) is 4.77. The van der Waals surface area contributed by atoms with Crippen molar-refractivity contribution in [3.63, 3.8) is 0 Å². The van der Waals surface area contributed by atoms with Crippen molar-refractivity contribution in [2.75, 3.05) is 31.7 Å². The van der Waals surface area contributed by atoms with E-state index in [9.17, 15) is 9.50 Å². The number of hydrogen-bond acceptors (Lipinski definition) is 3. The first-order valence-corrected chi connectivity index (χ1v) is 6.84. The fraction of sp³-hybridized carbons (Fsp3) is 0.600. The molecule has 0 aliphatic carbocycles. The molecule has 3 nitrogen and oxygen atoms in total. The number of halogens is 1. The molecule has 0 saturated carbocycles. The standard InChI is InChI=1S/C15H22FNO2/c1-11(18)13-5-6-15(14(16)8-13)17(2)9-12-4-3-7-19-10-12/h5-6,8,11-12,18H,3-4,7,9-10H2,1-2H3. The van der Waals surface area contributed by atoms with Crippen LogP contribution in [0.15, 0.2) is 18.2 Å². The summed E-state index contributed by atoms with van der Waals surface area (Å²) in [5, 5.41) is 9.44.